The summed E-state index contributed by atoms with van der Waals surface area (Å²) in [6, 6.07) is 0. The third-order valence-electron chi connectivity index (χ3n) is 4.36. The van der Waals surface area contributed by atoms with Gasteiger partial charge in [-0.2, -0.15) is 26.3 Å². The molecule has 0 atom stereocenters. The van der Waals surface area contributed by atoms with Crippen molar-refractivity contribution in [3.63, 3.8) is 0 Å². The summed E-state index contributed by atoms with van der Waals surface area (Å²) in [7, 11) is 0. The lowest BCUT2D eigenvalue weighted by molar-refractivity contribution is -0.339. The topological polar surface area (TPSA) is 80.3 Å². The van der Waals surface area contributed by atoms with Crippen molar-refractivity contribution in [3.8, 4) is 0 Å². The molecular formula is C15H14F8O4-2. The first-order valence-electron chi connectivity index (χ1n) is 7.74. The van der Waals surface area contributed by atoms with E-state index in [1.54, 1.807) is 0 Å². The Morgan fingerprint density at radius 1 is 0.889 bits per heavy atom. The minimum atomic E-state index is -6.65. The van der Waals surface area contributed by atoms with Crippen LogP contribution in [0.5, 0.6) is 0 Å². The summed E-state index contributed by atoms with van der Waals surface area (Å²) >= 11 is 0. The number of halogens is 8. The summed E-state index contributed by atoms with van der Waals surface area (Å²) in [6.45, 7) is 0. The van der Waals surface area contributed by atoms with E-state index in [4.69, 9.17) is 0 Å². The van der Waals surface area contributed by atoms with Crippen molar-refractivity contribution in [3.05, 3.63) is 11.1 Å². The van der Waals surface area contributed by atoms with Gasteiger partial charge in [-0.05, 0) is 29.9 Å². The van der Waals surface area contributed by atoms with Crippen molar-refractivity contribution < 1.29 is 54.9 Å². The minimum Gasteiger partial charge on any atom is -0.545 e. The molecule has 156 valence electrons. The van der Waals surface area contributed by atoms with Crippen LogP contribution in [0.3, 0.4) is 0 Å². The molecule has 1 rings (SSSR count). The highest BCUT2D eigenvalue weighted by atomic mass is 19.4. The van der Waals surface area contributed by atoms with Gasteiger partial charge in [-0.25, -0.2) is 8.78 Å². The van der Waals surface area contributed by atoms with Gasteiger partial charge in [-0.1, -0.05) is 19.3 Å². The van der Waals surface area contributed by atoms with Crippen LogP contribution in [0.15, 0.2) is 11.1 Å². The molecule has 1 saturated carbocycles. The fourth-order valence-corrected chi connectivity index (χ4v) is 2.92. The zero-order valence-corrected chi connectivity index (χ0v) is 13.6. The molecule has 12 heteroatoms. The van der Waals surface area contributed by atoms with E-state index in [2.05, 4.69) is 0 Å². The highest BCUT2D eigenvalue weighted by Gasteiger charge is 2.75. The molecule has 1 aliphatic rings. The maximum atomic E-state index is 13.8. The van der Waals surface area contributed by atoms with Gasteiger partial charge in [0, 0.05) is 6.42 Å². The first-order valence-corrected chi connectivity index (χ1v) is 7.74. The van der Waals surface area contributed by atoms with Gasteiger partial charge in [0.15, 0.2) is 0 Å². The number of carbonyl (C=O) groups excluding carboxylic acids is 2. The van der Waals surface area contributed by atoms with Gasteiger partial charge in [0.1, 0.15) is 0 Å². The average molecular weight is 410 g/mol. The fraction of sp³-hybridized carbons (Fsp3) is 0.733. The van der Waals surface area contributed by atoms with Gasteiger partial charge in [0.25, 0.3) is 0 Å². The molecular weight excluding hydrogens is 396 g/mol. The smallest absolute Gasteiger partial charge is 0.378 e. The van der Waals surface area contributed by atoms with Crippen LogP contribution in [0, 0.1) is 5.92 Å². The van der Waals surface area contributed by atoms with Crippen LogP contribution in [-0.4, -0.2) is 36.1 Å². The van der Waals surface area contributed by atoms with Crippen LogP contribution in [0.4, 0.5) is 35.1 Å². The molecule has 0 unspecified atom stereocenters. The first-order chi connectivity index (χ1) is 12.2. The Morgan fingerprint density at radius 2 is 1.37 bits per heavy atom. The maximum absolute atomic E-state index is 13.8. The van der Waals surface area contributed by atoms with E-state index in [1.165, 1.54) is 0 Å². The van der Waals surface area contributed by atoms with Gasteiger partial charge in [0.2, 0.25) is 0 Å². The highest BCUT2D eigenvalue weighted by molar-refractivity contribution is 5.97. The Bertz CT molecular complexity index is 609. The molecule has 1 fully saturated rings. The van der Waals surface area contributed by atoms with Gasteiger partial charge >= 0.3 is 24.2 Å². The van der Waals surface area contributed by atoms with Crippen molar-refractivity contribution in [1.82, 2.24) is 0 Å². The molecule has 0 aromatic carbocycles. The number of carboxylic acid groups (broad SMARTS) is 2. The van der Waals surface area contributed by atoms with E-state index in [1.807, 2.05) is 0 Å². The number of carboxylic acids is 2. The van der Waals surface area contributed by atoms with Crippen LogP contribution in [0.1, 0.15) is 38.5 Å². The SMILES string of the molecule is O=C([O-])/C(CC(F)(F)C(F)(F)C(F)(F)C(F)F)=C(/C(=O)[O-])C1CCCCC1. The lowest BCUT2D eigenvalue weighted by atomic mass is 9.80. The standard InChI is InChI=1S/C15H16F8O4/c16-12(17)14(20,21)15(22,23)13(18,19)6-8(10(24)25)9(11(26)27)7-4-2-1-3-5-7/h7,12H,1-6H2,(H,24,25)(H,26,27)/p-2/b9-8+. The summed E-state index contributed by atoms with van der Waals surface area (Å²) in [4.78, 5) is 22.3. The maximum Gasteiger partial charge on any atom is 0.378 e. The van der Waals surface area contributed by atoms with E-state index in [9.17, 15) is 54.9 Å². The lowest BCUT2D eigenvalue weighted by Gasteiger charge is -2.34. The number of hydrogen-bond donors (Lipinski definition) is 0. The normalized spacial score (nSPS) is 18.4. The molecule has 0 bridgehead atoms. The lowest BCUT2D eigenvalue weighted by Crippen LogP contribution is -2.58. The molecule has 27 heavy (non-hydrogen) atoms. The zero-order valence-electron chi connectivity index (χ0n) is 13.6. The predicted molar refractivity (Wildman–Crippen MR) is 69.1 cm³/mol. The molecule has 4 nitrogen and oxygen atoms in total. The quantitative estimate of drug-likeness (QED) is 0.453. The Hall–Kier alpha value is -1.88. The third kappa shape index (κ3) is 4.52. The minimum absolute atomic E-state index is 0.00918. The second-order valence-electron chi connectivity index (χ2n) is 6.18. The van der Waals surface area contributed by atoms with Crippen LogP contribution in [0.25, 0.3) is 0 Å². The van der Waals surface area contributed by atoms with E-state index in [0.29, 0.717) is 19.3 Å². The number of carbonyl (C=O) groups is 2. The van der Waals surface area contributed by atoms with Gasteiger partial charge < -0.3 is 19.8 Å². The van der Waals surface area contributed by atoms with E-state index >= 15 is 0 Å². The summed E-state index contributed by atoms with van der Waals surface area (Å²) in [5, 5.41) is 22.3. The number of aliphatic carboxylic acids is 2. The summed E-state index contributed by atoms with van der Waals surface area (Å²) in [5.74, 6) is -25.2. The molecule has 0 radical (unpaired) electrons. The monoisotopic (exact) mass is 410 g/mol. The molecule has 0 aliphatic heterocycles. The highest BCUT2D eigenvalue weighted by Crippen LogP contribution is 2.51. The van der Waals surface area contributed by atoms with Crippen LogP contribution in [0.2, 0.25) is 0 Å². The van der Waals surface area contributed by atoms with Crippen molar-refractivity contribution in [1.29, 1.82) is 0 Å². The molecule has 0 heterocycles. The molecule has 0 N–H and O–H groups in total. The van der Waals surface area contributed by atoms with E-state index in [-0.39, 0.29) is 12.8 Å². The van der Waals surface area contributed by atoms with Crippen molar-refractivity contribution in [2.75, 3.05) is 0 Å². The van der Waals surface area contributed by atoms with Crippen molar-refractivity contribution in [2.24, 2.45) is 5.92 Å². The van der Waals surface area contributed by atoms with Gasteiger partial charge in [-0.15, -0.1) is 0 Å². The first kappa shape index (κ1) is 23.2. The van der Waals surface area contributed by atoms with E-state index in [0.717, 1.165) is 0 Å². The molecule has 0 aromatic rings. The Morgan fingerprint density at radius 3 is 1.74 bits per heavy atom. The largest absolute Gasteiger partial charge is 0.545 e. The van der Waals surface area contributed by atoms with Gasteiger partial charge in [0.05, 0.1) is 11.9 Å². The number of rotatable bonds is 8. The summed E-state index contributed by atoms with van der Waals surface area (Å²) < 4.78 is 104. The third-order valence-corrected chi connectivity index (χ3v) is 4.36. The summed E-state index contributed by atoms with van der Waals surface area (Å²) in [5.41, 5.74) is -3.15. The Balaban J connectivity index is 3.42. The second kappa shape index (κ2) is 8.01. The zero-order chi connectivity index (χ0) is 21.2. The molecule has 0 aromatic heterocycles. The Labute approximate surface area is 147 Å². The fourth-order valence-electron chi connectivity index (χ4n) is 2.92. The molecule has 0 spiro atoms. The van der Waals surface area contributed by atoms with Crippen molar-refractivity contribution in [2.45, 2.75) is 62.7 Å². The van der Waals surface area contributed by atoms with E-state index < -0.39 is 59.6 Å². The average Bonchev–Trinajstić information content (AvgIpc) is 2.54. The van der Waals surface area contributed by atoms with Crippen LogP contribution in [-0.2, 0) is 9.59 Å². The summed E-state index contributed by atoms with van der Waals surface area (Å²) in [6.07, 6.45) is -6.52. The van der Waals surface area contributed by atoms with Crippen LogP contribution >= 0.6 is 0 Å². The van der Waals surface area contributed by atoms with Crippen molar-refractivity contribution >= 4 is 11.9 Å². The Kier molecular flexibility index (Phi) is 6.87. The van der Waals surface area contributed by atoms with Crippen LogP contribution < -0.4 is 10.2 Å². The van der Waals surface area contributed by atoms with Gasteiger partial charge in [-0.3, -0.25) is 0 Å². The second-order valence-corrected chi connectivity index (χ2v) is 6.18. The predicted octanol–water partition coefficient (Wildman–Crippen LogP) is 1.92. The number of hydrogen-bond acceptors (Lipinski definition) is 4. The molecule has 1 aliphatic carbocycles. The molecule has 0 saturated heterocycles. The number of alkyl halides is 8. The molecule has 0 amide bonds.